The van der Waals surface area contributed by atoms with Crippen molar-refractivity contribution in [3.05, 3.63) is 110 Å². The second-order valence-corrected chi connectivity index (χ2v) is 12.9. The van der Waals surface area contributed by atoms with Crippen LogP contribution in [0.2, 0.25) is 10.0 Å². The number of halogens is 3. The first-order chi connectivity index (χ1) is 22.2. The number of benzene rings is 3. The molecule has 1 atom stereocenters. The maximum absolute atomic E-state index is 14.2. The number of carbonyl (C=O) groups is 1. The van der Waals surface area contributed by atoms with E-state index in [4.69, 9.17) is 46.9 Å². The summed E-state index contributed by atoms with van der Waals surface area (Å²) in [4.78, 5) is 32.0. The fourth-order valence-electron chi connectivity index (χ4n) is 4.92. The largest absolute Gasteiger partial charge is 0.493 e. The lowest BCUT2D eigenvalue weighted by atomic mass is 9.97. The molecule has 0 amide bonds. The molecule has 0 N–H and O–H groups in total. The van der Waals surface area contributed by atoms with Crippen LogP contribution in [0.15, 0.2) is 70.1 Å². The Bertz CT molecular complexity index is 2010. The smallest absolute Gasteiger partial charge is 0.337 e. The SMILES string of the molecule is CCOc1ccc([C@H]2C(C(=O)OC)=CN=c3s/c(=C/c4cc(I)cc(OC)c4OCc4ccc(Cl)cc4Cl)c(=O)n32)cc1OCC. The topological polar surface area (TPSA) is 97.6 Å². The van der Waals surface area contributed by atoms with E-state index in [1.807, 2.05) is 26.0 Å². The van der Waals surface area contributed by atoms with E-state index in [0.717, 1.165) is 9.13 Å². The number of hydrogen-bond acceptors (Lipinski definition) is 9. The molecule has 0 bridgehead atoms. The van der Waals surface area contributed by atoms with Gasteiger partial charge in [0.2, 0.25) is 0 Å². The molecule has 240 valence electrons. The van der Waals surface area contributed by atoms with Crippen molar-refractivity contribution >= 4 is 69.2 Å². The third kappa shape index (κ3) is 7.07. The fourth-order valence-corrected chi connectivity index (χ4v) is 6.96. The number of thiazole rings is 1. The molecule has 0 unspecified atom stereocenters. The lowest BCUT2D eigenvalue weighted by molar-refractivity contribution is -0.136. The van der Waals surface area contributed by atoms with Gasteiger partial charge in [0.15, 0.2) is 27.8 Å². The predicted molar refractivity (Wildman–Crippen MR) is 186 cm³/mol. The van der Waals surface area contributed by atoms with Crippen LogP contribution in [0.3, 0.4) is 0 Å². The molecular formula is C33H29Cl2IN2O7S. The highest BCUT2D eigenvalue weighted by molar-refractivity contribution is 14.1. The summed E-state index contributed by atoms with van der Waals surface area (Å²) in [5.74, 6) is 1.37. The Hall–Kier alpha value is -3.52. The Balaban J connectivity index is 1.64. The molecule has 1 aliphatic rings. The monoisotopic (exact) mass is 794 g/mol. The fraction of sp³-hybridized carbons (Fsp3) is 0.242. The van der Waals surface area contributed by atoms with Gasteiger partial charge in [0.1, 0.15) is 6.61 Å². The van der Waals surface area contributed by atoms with Gasteiger partial charge in [-0.25, -0.2) is 9.79 Å². The van der Waals surface area contributed by atoms with E-state index in [2.05, 4.69) is 27.6 Å². The minimum atomic E-state index is -0.825. The van der Waals surface area contributed by atoms with Gasteiger partial charge in [-0.3, -0.25) is 9.36 Å². The number of nitrogens with zero attached hydrogens (tertiary/aromatic N) is 2. The molecule has 46 heavy (non-hydrogen) atoms. The third-order valence-electron chi connectivity index (χ3n) is 6.95. The van der Waals surface area contributed by atoms with Crippen LogP contribution in [0.25, 0.3) is 6.08 Å². The van der Waals surface area contributed by atoms with Crippen molar-refractivity contribution in [3.63, 3.8) is 0 Å². The van der Waals surface area contributed by atoms with Crippen LogP contribution in [0.1, 0.15) is 36.6 Å². The number of carbonyl (C=O) groups excluding carboxylic acids is 1. The summed E-state index contributed by atoms with van der Waals surface area (Å²) >= 11 is 15.8. The van der Waals surface area contributed by atoms with Crippen molar-refractivity contribution in [1.29, 1.82) is 0 Å². The first kappa shape index (κ1) is 33.8. The summed E-state index contributed by atoms with van der Waals surface area (Å²) < 4.78 is 31.3. The quantitative estimate of drug-likeness (QED) is 0.130. The first-order valence-electron chi connectivity index (χ1n) is 14.1. The van der Waals surface area contributed by atoms with Gasteiger partial charge in [0.25, 0.3) is 5.56 Å². The maximum atomic E-state index is 14.2. The van der Waals surface area contributed by atoms with E-state index < -0.39 is 12.0 Å². The molecule has 13 heteroatoms. The highest BCUT2D eigenvalue weighted by Gasteiger charge is 2.31. The molecule has 1 aliphatic heterocycles. The summed E-state index contributed by atoms with van der Waals surface area (Å²) in [7, 11) is 2.84. The van der Waals surface area contributed by atoms with Crippen molar-refractivity contribution in [2.75, 3.05) is 27.4 Å². The van der Waals surface area contributed by atoms with Crippen LogP contribution in [0.4, 0.5) is 0 Å². The zero-order valence-electron chi connectivity index (χ0n) is 25.3. The van der Waals surface area contributed by atoms with Crippen LogP contribution >= 0.6 is 57.1 Å². The molecule has 0 saturated heterocycles. The molecule has 2 heterocycles. The Morgan fingerprint density at radius 2 is 1.76 bits per heavy atom. The van der Waals surface area contributed by atoms with Gasteiger partial charge in [0, 0.05) is 30.9 Å². The minimum Gasteiger partial charge on any atom is -0.493 e. The molecular weight excluding hydrogens is 766 g/mol. The Morgan fingerprint density at radius 1 is 1.00 bits per heavy atom. The second-order valence-electron chi connectivity index (χ2n) is 9.80. The van der Waals surface area contributed by atoms with Crippen molar-refractivity contribution in [1.82, 2.24) is 4.57 Å². The highest BCUT2D eigenvalue weighted by atomic mass is 127. The van der Waals surface area contributed by atoms with E-state index >= 15 is 0 Å². The Labute approximate surface area is 292 Å². The number of methoxy groups -OCH3 is 2. The van der Waals surface area contributed by atoms with Crippen LogP contribution in [-0.2, 0) is 16.1 Å². The van der Waals surface area contributed by atoms with Crippen LogP contribution in [0.5, 0.6) is 23.0 Å². The summed E-state index contributed by atoms with van der Waals surface area (Å²) in [6.45, 7) is 4.74. The maximum Gasteiger partial charge on any atom is 0.337 e. The van der Waals surface area contributed by atoms with E-state index in [0.29, 0.717) is 66.7 Å². The van der Waals surface area contributed by atoms with Crippen LogP contribution < -0.4 is 33.8 Å². The molecule has 0 saturated carbocycles. The van der Waals surface area contributed by atoms with Gasteiger partial charge in [-0.15, -0.1) is 0 Å². The molecule has 0 aliphatic carbocycles. The van der Waals surface area contributed by atoms with Crippen molar-refractivity contribution in [2.45, 2.75) is 26.5 Å². The van der Waals surface area contributed by atoms with Crippen LogP contribution in [0, 0.1) is 3.57 Å². The minimum absolute atomic E-state index is 0.136. The number of aromatic nitrogens is 1. The first-order valence-corrected chi connectivity index (χ1v) is 16.8. The average Bonchev–Trinajstić information content (AvgIpc) is 3.35. The molecule has 0 radical (unpaired) electrons. The Morgan fingerprint density at radius 3 is 2.46 bits per heavy atom. The van der Waals surface area contributed by atoms with E-state index in [1.165, 1.54) is 29.2 Å². The zero-order chi connectivity index (χ0) is 33.0. The zero-order valence-corrected chi connectivity index (χ0v) is 29.8. The van der Waals surface area contributed by atoms with Gasteiger partial charge in [0.05, 0.1) is 43.6 Å². The van der Waals surface area contributed by atoms with Crippen molar-refractivity contribution < 1.29 is 28.5 Å². The van der Waals surface area contributed by atoms with Gasteiger partial charge in [-0.05, 0) is 84.5 Å². The molecule has 1 aromatic heterocycles. The number of ether oxygens (including phenoxy) is 5. The molecule has 0 fully saturated rings. The van der Waals surface area contributed by atoms with E-state index in [1.54, 1.807) is 49.6 Å². The lowest BCUT2D eigenvalue weighted by Gasteiger charge is -2.23. The highest BCUT2D eigenvalue weighted by Crippen LogP contribution is 2.37. The van der Waals surface area contributed by atoms with Crippen LogP contribution in [-0.4, -0.2) is 38.0 Å². The Kier molecular flexibility index (Phi) is 11.0. The predicted octanol–water partition coefficient (Wildman–Crippen LogP) is 6.31. The van der Waals surface area contributed by atoms with Gasteiger partial charge < -0.3 is 23.7 Å². The molecule has 9 nitrogen and oxygen atoms in total. The average molecular weight is 795 g/mol. The number of hydrogen-bond donors (Lipinski definition) is 0. The van der Waals surface area contributed by atoms with Gasteiger partial charge in [-0.1, -0.05) is 46.7 Å². The van der Waals surface area contributed by atoms with E-state index in [-0.39, 0.29) is 17.7 Å². The summed E-state index contributed by atoms with van der Waals surface area (Å²) in [6.07, 6.45) is 3.18. The number of rotatable bonds is 11. The number of esters is 1. The van der Waals surface area contributed by atoms with Crippen molar-refractivity contribution in [3.8, 4) is 23.0 Å². The number of fused-ring (bicyclic) bond motifs is 1. The van der Waals surface area contributed by atoms with Gasteiger partial charge >= 0.3 is 5.97 Å². The summed E-state index contributed by atoms with van der Waals surface area (Å²) in [5.41, 5.74) is 1.83. The second kappa shape index (κ2) is 14.9. The molecule has 3 aromatic carbocycles. The normalized spacial score (nSPS) is 14.2. The van der Waals surface area contributed by atoms with Gasteiger partial charge in [-0.2, -0.15) is 0 Å². The molecule has 0 spiro atoms. The van der Waals surface area contributed by atoms with Crippen molar-refractivity contribution in [2.24, 2.45) is 4.99 Å². The standard InChI is InChI=1S/C33H29Cl2IN2O7S/c1-5-43-25-10-8-18(12-26(25)44-6-2)29-23(32(40)42-4)16-37-33-38(29)31(39)28(46-33)13-20-11-22(36)15-27(41-3)30(20)45-17-19-7-9-21(34)14-24(19)35/h7-16,29H,5-6,17H2,1-4H3/b28-13+/t29-/m0/s1. The summed E-state index contributed by atoms with van der Waals surface area (Å²) in [5, 5.41) is 0.986. The summed E-state index contributed by atoms with van der Waals surface area (Å²) in [6, 6.07) is 13.4. The molecule has 4 aromatic rings. The van der Waals surface area contributed by atoms with E-state index in [9.17, 15) is 9.59 Å². The third-order valence-corrected chi connectivity index (χ3v) is 9.16. The molecule has 5 rings (SSSR count). The lowest BCUT2D eigenvalue weighted by Crippen LogP contribution is -2.39.